The van der Waals surface area contributed by atoms with Crippen molar-refractivity contribution in [2.24, 2.45) is 0 Å². The van der Waals surface area contributed by atoms with Crippen molar-refractivity contribution in [1.82, 2.24) is 0 Å². The number of fused-ring (bicyclic) bond motifs is 2. The molecule has 23 heavy (non-hydrogen) atoms. The lowest BCUT2D eigenvalue weighted by molar-refractivity contribution is 0.0450. The van der Waals surface area contributed by atoms with Crippen LogP contribution in [0.4, 0.5) is 5.69 Å². The smallest absolute Gasteiger partial charge is 0.258 e. The quantitative estimate of drug-likeness (QED) is 0.879. The first-order valence-corrected chi connectivity index (χ1v) is 7.60. The first-order chi connectivity index (χ1) is 11.1. The summed E-state index contributed by atoms with van der Waals surface area (Å²) in [5.74, 6) is 1.14. The monoisotopic (exact) mass is 311 g/mol. The van der Waals surface area contributed by atoms with Crippen molar-refractivity contribution in [2.75, 3.05) is 18.2 Å². The molecule has 0 fully saturated rings. The number of nitrogens with zero attached hydrogens (tertiary/aromatic N) is 1. The Morgan fingerprint density at radius 2 is 1.96 bits per heavy atom. The van der Waals surface area contributed by atoms with Crippen molar-refractivity contribution in [2.45, 2.75) is 18.9 Å². The van der Waals surface area contributed by atoms with Gasteiger partial charge in [-0.1, -0.05) is 18.2 Å². The normalized spacial score (nSPS) is 21.9. The standard InChI is InChI=1S/C18H17NO4/c1-18(21)8-9-19(14-5-3-2-4-13(14)18)17(20)12-6-7-15-16(10-12)23-11-22-15/h2-7,10,21H,8-9,11H2,1H3. The van der Waals surface area contributed by atoms with Crippen molar-refractivity contribution in [3.05, 3.63) is 53.6 Å². The third-order valence-electron chi connectivity index (χ3n) is 4.46. The van der Waals surface area contributed by atoms with Gasteiger partial charge < -0.3 is 19.5 Å². The second-order valence-corrected chi connectivity index (χ2v) is 6.07. The number of carbonyl (C=O) groups is 1. The SMILES string of the molecule is CC1(O)CCN(C(=O)c2ccc3c(c2)OCO3)c2ccccc21. The molecule has 2 aromatic rings. The van der Waals surface area contributed by atoms with Gasteiger partial charge in [0.1, 0.15) is 0 Å². The maximum Gasteiger partial charge on any atom is 0.258 e. The molecular weight excluding hydrogens is 294 g/mol. The van der Waals surface area contributed by atoms with E-state index in [0.717, 1.165) is 11.3 Å². The number of para-hydroxylation sites is 1. The van der Waals surface area contributed by atoms with Crippen molar-refractivity contribution in [1.29, 1.82) is 0 Å². The maximum absolute atomic E-state index is 12.9. The Morgan fingerprint density at radius 1 is 1.17 bits per heavy atom. The Balaban J connectivity index is 1.72. The van der Waals surface area contributed by atoms with E-state index in [0.29, 0.717) is 30.0 Å². The highest BCUT2D eigenvalue weighted by molar-refractivity contribution is 6.07. The third-order valence-corrected chi connectivity index (χ3v) is 4.46. The van der Waals surface area contributed by atoms with Gasteiger partial charge in [0.25, 0.3) is 5.91 Å². The van der Waals surface area contributed by atoms with Crippen molar-refractivity contribution >= 4 is 11.6 Å². The number of hydrogen-bond donors (Lipinski definition) is 1. The van der Waals surface area contributed by atoms with E-state index in [2.05, 4.69) is 0 Å². The van der Waals surface area contributed by atoms with Crippen LogP contribution in [-0.2, 0) is 5.60 Å². The summed E-state index contributed by atoms with van der Waals surface area (Å²) in [7, 11) is 0. The van der Waals surface area contributed by atoms with Crippen LogP contribution in [0.2, 0.25) is 0 Å². The molecule has 0 bridgehead atoms. The molecular formula is C18H17NO4. The van der Waals surface area contributed by atoms with Crippen LogP contribution in [-0.4, -0.2) is 24.4 Å². The Labute approximate surface area is 134 Å². The summed E-state index contributed by atoms with van der Waals surface area (Å²) in [6.07, 6.45) is 0.500. The molecule has 0 saturated carbocycles. The van der Waals surface area contributed by atoms with E-state index in [1.807, 2.05) is 24.3 Å². The number of aliphatic hydroxyl groups is 1. The van der Waals surface area contributed by atoms with E-state index < -0.39 is 5.60 Å². The predicted octanol–water partition coefficient (Wildman–Crippen LogP) is 2.67. The number of hydrogen-bond acceptors (Lipinski definition) is 4. The zero-order chi connectivity index (χ0) is 16.0. The number of ether oxygens (including phenoxy) is 2. The van der Waals surface area contributed by atoms with Gasteiger partial charge in [-0.15, -0.1) is 0 Å². The molecule has 2 aromatic carbocycles. The zero-order valence-corrected chi connectivity index (χ0v) is 12.8. The minimum atomic E-state index is -0.914. The highest BCUT2D eigenvalue weighted by atomic mass is 16.7. The zero-order valence-electron chi connectivity index (χ0n) is 12.8. The fraction of sp³-hybridized carbons (Fsp3) is 0.278. The fourth-order valence-electron chi connectivity index (χ4n) is 3.15. The van der Waals surface area contributed by atoms with E-state index in [1.54, 1.807) is 30.0 Å². The molecule has 2 aliphatic heterocycles. The van der Waals surface area contributed by atoms with Gasteiger partial charge in [0, 0.05) is 17.7 Å². The molecule has 5 nitrogen and oxygen atoms in total. The summed E-state index contributed by atoms with van der Waals surface area (Å²) < 4.78 is 10.6. The molecule has 0 aliphatic carbocycles. The third kappa shape index (κ3) is 2.24. The number of anilines is 1. The molecule has 0 aromatic heterocycles. The maximum atomic E-state index is 12.9. The largest absolute Gasteiger partial charge is 0.454 e. The molecule has 2 aliphatic rings. The van der Waals surface area contributed by atoms with Crippen LogP contribution in [0.15, 0.2) is 42.5 Å². The Hall–Kier alpha value is -2.53. The number of amides is 1. The van der Waals surface area contributed by atoms with Crippen molar-refractivity contribution in [3.63, 3.8) is 0 Å². The first-order valence-electron chi connectivity index (χ1n) is 7.60. The van der Waals surface area contributed by atoms with Crippen molar-refractivity contribution < 1.29 is 19.4 Å². The van der Waals surface area contributed by atoms with Gasteiger partial charge >= 0.3 is 0 Å². The lowest BCUT2D eigenvalue weighted by Gasteiger charge is -2.38. The highest BCUT2D eigenvalue weighted by Crippen LogP contribution is 2.39. The summed E-state index contributed by atoms with van der Waals surface area (Å²) in [5.41, 5.74) is 1.17. The minimum Gasteiger partial charge on any atom is -0.454 e. The van der Waals surface area contributed by atoms with Gasteiger partial charge in [0.2, 0.25) is 6.79 Å². The van der Waals surface area contributed by atoms with Crippen LogP contribution in [0.25, 0.3) is 0 Å². The minimum absolute atomic E-state index is 0.105. The first kappa shape index (κ1) is 14.1. The second kappa shape index (κ2) is 4.99. The lowest BCUT2D eigenvalue weighted by Crippen LogP contribution is -2.42. The number of rotatable bonds is 1. The molecule has 1 amide bonds. The average molecular weight is 311 g/mol. The van der Waals surface area contributed by atoms with Crippen molar-refractivity contribution in [3.8, 4) is 11.5 Å². The molecule has 0 spiro atoms. The Morgan fingerprint density at radius 3 is 2.83 bits per heavy atom. The van der Waals surface area contributed by atoms with Crippen LogP contribution < -0.4 is 14.4 Å². The highest BCUT2D eigenvalue weighted by Gasteiger charge is 2.35. The van der Waals surface area contributed by atoms with E-state index in [1.165, 1.54) is 0 Å². The fourth-order valence-corrected chi connectivity index (χ4v) is 3.15. The second-order valence-electron chi connectivity index (χ2n) is 6.07. The molecule has 4 rings (SSSR count). The van der Waals surface area contributed by atoms with E-state index >= 15 is 0 Å². The van der Waals surface area contributed by atoms with Crippen LogP contribution in [0.3, 0.4) is 0 Å². The molecule has 1 unspecified atom stereocenters. The van der Waals surface area contributed by atoms with Gasteiger partial charge in [0.05, 0.1) is 11.3 Å². The van der Waals surface area contributed by atoms with E-state index in [-0.39, 0.29) is 12.7 Å². The van der Waals surface area contributed by atoms with Gasteiger partial charge in [-0.25, -0.2) is 0 Å². The Bertz CT molecular complexity index is 784. The predicted molar refractivity (Wildman–Crippen MR) is 84.9 cm³/mol. The molecule has 1 N–H and O–H groups in total. The summed E-state index contributed by atoms with van der Waals surface area (Å²) in [5, 5.41) is 10.5. The van der Waals surface area contributed by atoms with Crippen LogP contribution in [0, 0.1) is 0 Å². The summed E-state index contributed by atoms with van der Waals surface area (Å²) in [4.78, 5) is 14.6. The topological polar surface area (TPSA) is 59.0 Å². The van der Waals surface area contributed by atoms with Crippen LogP contribution in [0.1, 0.15) is 29.3 Å². The summed E-state index contributed by atoms with van der Waals surface area (Å²) in [6, 6.07) is 12.7. The van der Waals surface area contributed by atoms with Gasteiger partial charge in [-0.3, -0.25) is 4.79 Å². The summed E-state index contributed by atoms with van der Waals surface area (Å²) in [6.45, 7) is 2.44. The molecule has 2 heterocycles. The van der Waals surface area contributed by atoms with E-state index in [4.69, 9.17) is 9.47 Å². The molecule has 1 atom stereocenters. The summed E-state index contributed by atoms with van der Waals surface area (Å²) >= 11 is 0. The number of benzene rings is 2. The average Bonchev–Trinajstić information content (AvgIpc) is 3.02. The molecule has 0 saturated heterocycles. The molecule has 118 valence electrons. The van der Waals surface area contributed by atoms with Gasteiger partial charge in [-0.2, -0.15) is 0 Å². The lowest BCUT2D eigenvalue weighted by atomic mass is 9.87. The Kier molecular flexibility index (Phi) is 3.06. The van der Waals surface area contributed by atoms with Gasteiger partial charge in [0.15, 0.2) is 11.5 Å². The van der Waals surface area contributed by atoms with Gasteiger partial charge in [-0.05, 0) is 37.6 Å². The molecule has 0 radical (unpaired) electrons. The van der Waals surface area contributed by atoms with E-state index in [9.17, 15) is 9.90 Å². The number of carbonyl (C=O) groups excluding carboxylic acids is 1. The van der Waals surface area contributed by atoms with Crippen LogP contribution in [0.5, 0.6) is 11.5 Å². The molecule has 5 heteroatoms. The van der Waals surface area contributed by atoms with Crippen LogP contribution >= 0.6 is 0 Å².